The number of rotatable bonds is 3. The first kappa shape index (κ1) is 13.2. The summed E-state index contributed by atoms with van der Waals surface area (Å²) >= 11 is 1.45. The van der Waals surface area contributed by atoms with E-state index < -0.39 is 11.6 Å². The number of thiophene rings is 1. The zero-order valence-corrected chi connectivity index (χ0v) is 11.2. The van der Waals surface area contributed by atoms with E-state index in [1.54, 1.807) is 0 Å². The predicted molar refractivity (Wildman–Crippen MR) is 71.8 cm³/mol. The van der Waals surface area contributed by atoms with Crippen LogP contribution in [-0.4, -0.2) is 6.54 Å². The Hall–Kier alpha value is -1.26. The highest BCUT2D eigenvalue weighted by molar-refractivity contribution is 7.13. The number of nitrogens with two attached hydrogens (primary N) is 1. The summed E-state index contributed by atoms with van der Waals surface area (Å²) in [5, 5.41) is 1.98. The second-order valence-corrected chi connectivity index (χ2v) is 5.82. The summed E-state index contributed by atoms with van der Waals surface area (Å²) < 4.78 is 26.5. The third-order valence-corrected chi connectivity index (χ3v) is 4.05. The topological polar surface area (TPSA) is 26.0 Å². The van der Waals surface area contributed by atoms with E-state index in [1.165, 1.54) is 23.5 Å². The maximum Gasteiger partial charge on any atom is 0.134 e. The minimum atomic E-state index is -0.560. The molecule has 0 saturated heterocycles. The van der Waals surface area contributed by atoms with E-state index in [4.69, 9.17) is 5.73 Å². The molecule has 0 radical (unpaired) electrons. The van der Waals surface area contributed by atoms with Gasteiger partial charge < -0.3 is 5.73 Å². The molecule has 0 saturated carbocycles. The Morgan fingerprint density at radius 2 is 1.94 bits per heavy atom. The minimum Gasteiger partial charge on any atom is -0.330 e. The first-order valence-corrected chi connectivity index (χ1v) is 6.56. The van der Waals surface area contributed by atoms with Gasteiger partial charge in [-0.15, -0.1) is 11.3 Å². The van der Waals surface area contributed by atoms with Crippen LogP contribution in [0.2, 0.25) is 0 Å². The average Bonchev–Trinajstić information content (AvgIpc) is 2.79. The lowest BCUT2D eigenvalue weighted by atomic mass is 9.86. The second kappa shape index (κ2) is 4.78. The number of hydrogen-bond donors (Lipinski definition) is 1. The van der Waals surface area contributed by atoms with E-state index in [2.05, 4.69) is 0 Å². The van der Waals surface area contributed by atoms with E-state index in [9.17, 15) is 8.78 Å². The summed E-state index contributed by atoms with van der Waals surface area (Å²) in [6, 6.07) is 5.57. The highest BCUT2D eigenvalue weighted by atomic mass is 32.1. The lowest BCUT2D eigenvalue weighted by Crippen LogP contribution is -2.27. The molecule has 0 spiro atoms. The fraction of sp³-hybridized carbons (Fsp3) is 0.286. The van der Waals surface area contributed by atoms with Crippen molar-refractivity contribution < 1.29 is 8.78 Å². The quantitative estimate of drug-likeness (QED) is 0.896. The molecule has 1 heterocycles. The lowest BCUT2D eigenvalue weighted by molar-refractivity contribution is 0.541. The van der Waals surface area contributed by atoms with Crippen LogP contribution in [0.4, 0.5) is 8.78 Å². The van der Waals surface area contributed by atoms with Gasteiger partial charge in [-0.25, -0.2) is 8.78 Å². The molecule has 0 unspecified atom stereocenters. The van der Waals surface area contributed by atoms with Crippen LogP contribution in [-0.2, 0) is 5.41 Å². The summed E-state index contributed by atoms with van der Waals surface area (Å²) in [4.78, 5) is 0.795. The molecule has 0 fully saturated rings. The summed E-state index contributed by atoms with van der Waals surface area (Å²) in [7, 11) is 0. The number of benzene rings is 1. The van der Waals surface area contributed by atoms with Crippen molar-refractivity contribution in [3.05, 3.63) is 46.8 Å². The van der Waals surface area contributed by atoms with E-state index in [0.29, 0.717) is 12.1 Å². The third kappa shape index (κ3) is 2.44. The molecule has 18 heavy (non-hydrogen) atoms. The van der Waals surface area contributed by atoms with Crippen molar-refractivity contribution in [3.63, 3.8) is 0 Å². The van der Waals surface area contributed by atoms with E-state index in [0.717, 1.165) is 16.5 Å². The van der Waals surface area contributed by atoms with Crippen molar-refractivity contribution in [2.75, 3.05) is 6.54 Å². The van der Waals surface area contributed by atoms with Crippen molar-refractivity contribution in [2.45, 2.75) is 19.3 Å². The van der Waals surface area contributed by atoms with E-state index in [-0.39, 0.29) is 5.41 Å². The molecule has 96 valence electrons. The zero-order valence-electron chi connectivity index (χ0n) is 10.3. The Kier molecular flexibility index (Phi) is 3.50. The molecule has 1 nitrogen and oxygen atoms in total. The smallest absolute Gasteiger partial charge is 0.134 e. The van der Waals surface area contributed by atoms with Crippen molar-refractivity contribution >= 4 is 11.3 Å². The molecule has 0 aliphatic rings. The molecule has 0 amide bonds. The molecule has 2 rings (SSSR count). The molecule has 0 aliphatic heterocycles. The maximum absolute atomic E-state index is 13.7. The maximum atomic E-state index is 13.7. The Bertz CT molecular complexity index is 561. The van der Waals surface area contributed by atoms with Gasteiger partial charge in [0.25, 0.3) is 0 Å². The van der Waals surface area contributed by atoms with Crippen LogP contribution >= 0.6 is 11.3 Å². The SMILES string of the molecule is CC(C)(CN)c1csc(-c2ccc(F)cc2F)c1. The van der Waals surface area contributed by atoms with Crippen LogP contribution in [0.3, 0.4) is 0 Å². The van der Waals surface area contributed by atoms with Gasteiger partial charge >= 0.3 is 0 Å². The van der Waals surface area contributed by atoms with Gasteiger partial charge in [-0.05, 0) is 29.1 Å². The third-order valence-electron chi connectivity index (χ3n) is 3.09. The fourth-order valence-corrected chi connectivity index (χ4v) is 2.77. The fourth-order valence-electron chi connectivity index (χ4n) is 1.64. The standard InChI is InChI=1S/C14H15F2NS/c1-14(2,8-17)9-5-13(18-7-9)11-4-3-10(15)6-12(11)16/h3-7H,8,17H2,1-2H3. The largest absolute Gasteiger partial charge is 0.330 e. The summed E-state index contributed by atoms with van der Waals surface area (Å²) in [5.41, 5.74) is 7.09. The van der Waals surface area contributed by atoms with Crippen molar-refractivity contribution in [2.24, 2.45) is 5.73 Å². The Labute approximate surface area is 109 Å². The lowest BCUT2D eigenvalue weighted by Gasteiger charge is -2.20. The van der Waals surface area contributed by atoms with Gasteiger partial charge in [0.15, 0.2) is 0 Å². The van der Waals surface area contributed by atoms with Gasteiger partial charge in [0, 0.05) is 28.5 Å². The van der Waals surface area contributed by atoms with Crippen molar-refractivity contribution in [1.29, 1.82) is 0 Å². The zero-order chi connectivity index (χ0) is 13.3. The first-order chi connectivity index (χ1) is 8.44. The highest BCUT2D eigenvalue weighted by Gasteiger charge is 2.21. The predicted octanol–water partition coefficient (Wildman–Crippen LogP) is 3.93. The molecule has 4 heteroatoms. The number of halogens is 2. The summed E-state index contributed by atoms with van der Waals surface area (Å²) in [5.74, 6) is -1.09. The van der Waals surface area contributed by atoms with Gasteiger partial charge in [0.2, 0.25) is 0 Å². The highest BCUT2D eigenvalue weighted by Crippen LogP contribution is 2.34. The number of hydrogen-bond acceptors (Lipinski definition) is 2. The van der Waals surface area contributed by atoms with Crippen LogP contribution < -0.4 is 5.73 Å². The summed E-state index contributed by atoms with van der Waals surface area (Å²) in [6.45, 7) is 4.61. The average molecular weight is 267 g/mol. The molecular formula is C14H15F2NS. The van der Waals surface area contributed by atoms with Crippen molar-refractivity contribution in [1.82, 2.24) is 0 Å². The molecule has 2 aromatic rings. The molecule has 1 aromatic heterocycles. The van der Waals surface area contributed by atoms with Crippen LogP contribution in [0.25, 0.3) is 10.4 Å². The van der Waals surface area contributed by atoms with Gasteiger partial charge in [0.1, 0.15) is 11.6 Å². The Balaban J connectivity index is 2.41. The van der Waals surface area contributed by atoms with E-state index in [1.807, 2.05) is 25.3 Å². The van der Waals surface area contributed by atoms with Crippen LogP contribution in [0.15, 0.2) is 29.6 Å². The molecular weight excluding hydrogens is 252 g/mol. The van der Waals surface area contributed by atoms with Gasteiger partial charge in [-0.1, -0.05) is 13.8 Å². The van der Waals surface area contributed by atoms with E-state index >= 15 is 0 Å². The minimum absolute atomic E-state index is 0.134. The molecule has 1 aromatic carbocycles. The first-order valence-electron chi connectivity index (χ1n) is 5.68. The molecule has 0 atom stereocenters. The monoisotopic (exact) mass is 267 g/mol. The Morgan fingerprint density at radius 1 is 1.22 bits per heavy atom. The molecule has 0 aliphatic carbocycles. The molecule has 2 N–H and O–H groups in total. The van der Waals surface area contributed by atoms with Crippen molar-refractivity contribution in [3.8, 4) is 10.4 Å². The summed E-state index contributed by atoms with van der Waals surface area (Å²) in [6.07, 6.45) is 0. The van der Waals surface area contributed by atoms with Gasteiger partial charge in [-0.2, -0.15) is 0 Å². The van der Waals surface area contributed by atoms with Gasteiger partial charge in [-0.3, -0.25) is 0 Å². The van der Waals surface area contributed by atoms with Gasteiger partial charge in [0.05, 0.1) is 0 Å². The second-order valence-electron chi connectivity index (χ2n) is 4.91. The van der Waals surface area contributed by atoms with Crippen LogP contribution in [0.1, 0.15) is 19.4 Å². The normalized spacial score (nSPS) is 11.8. The van der Waals surface area contributed by atoms with Crippen LogP contribution in [0.5, 0.6) is 0 Å². The van der Waals surface area contributed by atoms with Crippen LogP contribution in [0, 0.1) is 11.6 Å². The Morgan fingerprint density at radius 3 is 2.56 bits per heavy atom. The molecule has 0 bridgehead atoms.